The molecule has 2 aliphatic rings. The highest BCUT2D eigenvalue weighted by Gasteiger charge is 2.38. The van der Waals surface area contributed by atoms with Crippen molar-refractivity contribution >= 4 is 11.9 Å². The minimum absolute atomic E-state index is 0.269. The first-order valence-electron chi connectivity index (χ1n) is 11.8. The van der Waals surface area contributed by atoms with Crippen LogP contribution in [-0.4, -0.2) is 23.7 Å². The lowest BCUT2D eigenvalue weighted by atomic mass is 9.68. The number of hydrogen-bond donors (Lipinski definition) is 1. The van der Waals surface area contributed by atoms with Gasteiger partial charge in [-0.2, -0.15) is 0 Å². The predicted octanol–water partition coefficient (Wildman–Crippen LogP) is 6.08. The van der Waals surface area contributed by atoms with Crippen molar-refractivity contribution < 1.29 is 19.4 Å². The zero-order chi connectivity index (χ0) is 20.5. The highest BCUT2D eigenvalue weighted by Crippen LogP contribution is 2.40. The standard InChI is InChI=1S/C24H42O4/c1-4-5-6-7-8-11-19-15-20(18(3)14-17(19)2)16-28-24(27)22-13-10-9-12-21(22)23(25)26/h17-22H,4-16H2,1-3H3,(H,25,26). The van der Waals surface area contributed by atoms with Gasteiger partial charge in [-0.15, -0.1) is 0 Å². The second kappa shape index (κ2) is 11.8. The summed E-state index contributed by atoms with van der Waals surface area (Å²) in [6.45, 7) is 7.40. The van der Waals surface area contributed by atoms with Crippen LogP contribution in [0.15, 0.2) is 0 Å². The van der Waals surface area contributed by atoms with Gasteiger partial charge in [-0.1, -0.05) is 72.1 Å². The molecule has 28 heavy (non-hydrogen) atoms. The molecule has 6 atom stereocenters. The summed E-state index contributed by atoms with van der Waals surface area (Å²) in [6.07, 6.45) is 13.4. The Balaban J connectivity index is 1.81. The fraction of sp³-hybridized carbons (Fsp3) is 0.917. The van der Waals surface area contributed by atoms with E-state index in [-0.39, 0.29) is 5.97 Å². The molecule has 0 spiro atoms. The summed E-state index contributed by atoms with van der Waals surface area (Å²) in [5.41, 5.74) is 0. The van der Waals surface area contributed by atoms with E-state index in [0.29, 0.717) is 31.3 Å². The van der Waals surface area contributed by atoms with Crippen molar-refractivity contribution in [1.82, 2.24) is 0 Å². The van der Waals surface area contributed by atoms with E-state index in [4.69, 9.17) is 4.74 Å². The first-order chi connectivity index (χ1) is 13.4. The Bertz CT molecular complexity index is 489. The van der Waals surface area contributed by atoms with Crippen molar-refractivity contribution in [2.75, 3.05) is 6.61 Å². The zero-order valence-electron chi connectivity index (χ0n) is 18.3. The number of esters is 1. The van der Waals surface area contributed by atoms with E-state index in [1.54, 1.807) is 0 Å². The van der Waals surface area contributed by atoms with Crippen LogP contribution in [0.4, 0.5) is 0 Å². The van der Waals surface area contributed by atoms with Crippen LogP contribution in [0.25, 0.3) is 0 Å². The molecule has 6 unspecified atom stereocenters. The summed E-state index contributed by atoms with van der Waals surface area (Å²) in [4.78, 5) is 24.1. The van der Waals surface area contributed by atoms with Crippen molar-refractivity contribution in [2.45, 2.75) is 97.8 Å². The van der Waals surface area contributed by atoms with E-state index in [9.17, 15) is 14.7 Å². The van der Waals surface area contributed by atoms with E-state index in [1.165, 1.54) is 44.9 Å². The van der Waals surface area contributed by atoms with Gasteiger partial charge in [0, 0.05) is 0 Å². The van der Waals surface area contributed by atoms with E-state index >= 15 is 0 Å². The fourth-order valence-electron chi connectivity index (χ4n) is 5.47. The summed E-state index contributed by atoms with van der Waals surface area (Å²) in [6, 6.07) is 0. The van der Waals surface area contributed by atoms with Gasteiger partial charge < -0.3 is 9.84 Å². The Morgan fingerprint density at radius 2 is 1.54 bits per heavy atom. The molecule has 0 aliphatic heterocycles. The monoisotopic (exact) mass is 394 g/mol. The minimum atomic E-state index is -0.843. The molecule has 4 nitrogen and oxygen atoms in total. The SMILES string of the molecule is CCCCCCCC1CC(COC(=O)C2CCCCC2C(=O)O)C(C)CC1C. The molecule has 2 saturated carbocycles. The van der Waals surface area contributed by atoms with Crippen molar-refractivity contribution in [1.29, 1.82) is 0 Å². The number of aliphatic carboxylic acids is 1. The third-order valence-electron chi connectivity index (χ3n) is 7.46. The van der Waals surface area contributed by atoms with Crippen molar-refractivity contribution in [3.05, 3.63) is 0 Å². The van der Waals surface area contributed by atoms with E-state index in [1.807, 2.05) is 0 Å². The minimum Gasteiger partial charge on any atom is -0.481 e. The largest absolute Gasteiger partial charge is 0.481 e. The maximum atomic E-state index is 12.6. The van der Waals surface area contributed by atoms with Crippen LogP contribution in [0.5, 0.6) is 0 Å². The Labute approximate surface area is 171 Å². The number of unbranched alkanes of at least 4 members (excludes halogenated alkanes) is 4. The van der Waals surface area contributed by atoms with Crippen LogP contribution >= 0.6 is 0 Å². The molecule has 0 radical (unpaired) electrons. The van der Waals surface area contributed by atoms with Crippen LogP contribution in [0.2, 0.25) is 0 Å². The first kappa shape index (κ1) is 23.2. The summed E-state index contributed by atoms with van der Waals surface area (Å²) in [5.74, 6) is 0.373. The normalized spacial score (nSPS) is 33.4. The number of carboxylic acids is 1. The van der Waals surface area contributed by atoms with Crippen molar-refractivity contribution in [3.63, 3.8) is 0 Å². The quantitative estimate of drug-likeness (QED) is 0.360. The van der Waals surface area contributed by atoms with Crippen LogP contribution in [-0.2, 0) is 14.3 Å². The molecule has 162 valence electrons. The molecular formula is C24H42O4. The highest BCUT2D eigenvalue weighted by atomic mass is 16.5. The number of carbonyl (C=O) groups is 2. The van der Waals surface area contributed by atoms with E-state index < -0.39 is 17.8 Å². The molecule has 2 fully saturated rings. The smallest absolute Gasteiger partial charge is 0.309 e. The first-order valence-corrected chi connectivity index (χ1v) is 11.8. The molecule has 0 bridgehead atoms. The fourth-order valence-corrected chi connectivity index (χ4v) is 5.47. The van der Waals surface area contributed by atoms with Gasteiger partial charge >= 0.3 is 11.9 Å². The molecule has 0 aromatic rings. The number of carbonyl (C=O) groups excluding carboxylic acids is 1. The van der Waals surface area contributed by atoms with Gasteiger partial charge in [0.15, 0.2) is 0 Å². The van der Waals surface area contributed by atoms with Crippen molar-refractivity contribution in [3.8, 4) is 0 Å². The molecular weight excluding hydrogens is 352 g/mol. The molecule has 1 N–H and O–H groups in total. The topological polar surface area (TPSA) is 63.6 Å². The number of rotatable bonds is 10. The predicted molar refractivity (Wildman–Crippen MR) is 112 cm³/mol. The number of carboxylic acid groups (broad SMARTS) is 1. The van der Waals surface area contributed by atoms with Gasteiger partial charge in [-0.25, -0.2) is 0 Å². The number of hydrogen-bond acceptors (Lipinski definition) is 3. The van der Waals surface area contributed by atoms with Gasteiger partial charge in [-0.3, -0.25) is 9.59 Å². The van der Waals surface area contributed by atoms with Gasteiger partial charge in [0.2, 0.25) is 0 Å². The van der Waals surface area contributed by atoms with Gasteiger partial charge in [-0.05, 0) is 49.4 Å². The Morgan fingerprint density at radius 3 is 2.21 bits per heavy atom. The molecule has 4 heteroatoms. The maximum absolute atomic E-state index is 12.6. The summed E-state index contributed by atoms with van der Waals surface area (Å²) >= 11 is 0. The molecule has 0 aromatic heterocycles. The van der Waals surface area contributed by atoms with Crippen LogP contribution in [0.3, 0.4) is 0 Å². The highest BCUT2D eigenvalue weighted by molar-refractivity contribution is 5.81. The Kier molecular flexibility index (Phi) is 9.81. The van der Waals surface area contributed by atoms with Gasteiger partial charge in [0.05, 0.1) is 18.4 Å². The number of ether oxygens (including phenoxy) is 1. The van der Waals surface area contributed by atoms with Crippen LogP contribution < -0.4 is 0 Å². The van der Waals surface area contributed by atoms with Gasteiger partial charge in [0.25, 0.3) is 0 Å². The van der Waals surface area contributed by atoms with Gasteiger partial charge in [0.1, 0.15) is 0 Å². The molecule has 0 aromatic carbocycles. The summed E-state index contributed by atoms with van der Waals surface area (Å²) < 4.78 is 5.71. The zero-order valence-corrected chi connectivity index (χ0v) is 18.3. The average Bonchev–Trinajstić information content (AvgIpc) is 2.68. The lowest BCUT2D eigenvalue weighted by Crippen LogP contribution is -2.36. The molecule has 0 heterocycles. The molecule has 2 rings (SSSR count). The summed E-state index contributed by atoms with van der Waals surface area (Å²) in [5, 5.41) is 9.41. The molecule has 0 amide bonds. The second-order valence-electron chi connectivity index (χ2n) is 9.61. The Morgan fingerprint density at radius 1 is 0.893 bits per heavy atom. The molecule has 0 saturated heterocycles. The van der Waals surface area contributed by atoms with Crippen LogP contribution in [0.1, 0.15) is 97.8 Å². The molecule has 2 aliphatic carbocycles. The van der Waals surface area contributed by atoms with Crippen LogP contribution in [0, 0.1) is 35.5 Å². The lowest BCUT2D eigenvalue weighted by Gasteiger charge is -2.39. The van der Waals surface area contributed by atoms with E-state index in [0.717, 1.165) is 31.1 Å². The average molecular weight is 395 g/mol. The third kappa shape index (κ3) is 6.77. The lowest BCUT2D eigenvalue weighted by molar-refractivity contribution is -0.161. The van der Waals surface area contributed by atoms with E-state index in [2.05, 4.69) is 20.8 Å². The Hall–Kier alpha value is -1.06. The maximum Gasteiger partial charge on any atom is 0.309 e. The third-order valence-corrected chi connectivity index (χ3v) is 7.46. The van der Waals surface area contributed by atoms with Crippen molar-refractivity contribution in [2.24, 2.45) is 35.5 Å². The second-order valence-corrected chi connectivity index (χ2v) is 9.61. The summed E-state index contributed by atoms with van der Waals surface area (Å²) in [7, 11) is 0.